The molecule has 0 amide bonds. The number of rotatable bonds is 4. The van der Waals surface area contributed by atoms with Crippen LogP contribution < -0.4 is 0 Å². The Balaban J connectivity index is 2.79. The van der Waals surface area contributed by atoms with Gasteiger partial charge in [-0.3, -0.25) is 4.18 Å². The highest BCUT2D eigenvalue weighted by Gasteiger charge is 2.18. The van der Waals surface area contributed by atoms with Crippen LogP contribution in [0.1, 0.15) is 12.5 Å². The molecule has 0 fully saturated rings. The molecule has 2 aromatic rings. The highest BCUT2D eigenvalue weighted by atomic mass is 32.2. The van der Waals surface area contributed by atoms with Crippen molar-refractivity contribution in [3.8, 4) is 0 Å². The molecule has 0 aliphatic heterocycles. The Morgan fingerprint density at radius 2 is 1.83 bits per heavy atom. The number of hydrogen-bond donors (Lipinski definition) is 0. The average molecular weight is 262 g/mol. The minimum atomic E-state index is -3.70. The van der Waals surface area contributed by atoms with E-state index < -0.39 is 10.1 Å². The van der Waals surface area contributed by atoms with Crippen LogP contribution in [0.15, 0.2) is 47.9 Å². The van der Waals surface area contributed by atoms with Crippen LogP contribution in [0.5, 0.6) is 0 Å². The molecule has 0 aliphatic rings. The average Bonchev–Trinajstić information content (AvgIpc) is 2.37. The van der Waals surface area contributed by atoms with Crippen LogP contribution in [0.3, 0.4) is 0 Å². The maximum atomic E-state index is 12.0. The third-order valence-electron chi connectivity index (χ3n) is 2.68. The zero-order chi connectivity index (χ0) is 13.2. The summed E-state index contributed by atoms with van der Waals surface area (Å²) >= 11 is 0. The Kier molecular flexibility index (Phi) is 3.50. The Labute approximate surface area is 107 Å². The van der Waals surface area contributed by atoms with Gasteiger partial charge in [0.1, 0.15) is 4.90 Å². The predicted octanol–water partition coefficient (Wildman–Crippen LogP) is 3.21. The van der Waals surface area contributed by atoms with Gasteiger partial charge in [-0.2, -0.15) is 8.42 Å². The van der Waals surface area contributed by atoms with Crippen molar-refractivity contribution in [3.63, 3.8) is 0 Å². The van der Waals surface area contributed by atoms with E-state index in [4.69, 9.17) is 4.18 Å². The molecule has 0 bridgehead atoms. The van der Waals surface area contributed by atoms with Gasteiger partial charge in [-0.05, 0) is 23.9 Å². The maximum Gasteiger partial charge on any atom is 0.297 e. The van der Waals surface area contributed by atoms with E-state index in [1.807, 2.05) is 12.1 Å². The zero-order valence-electron chi connectivity index (χ0n) is 10.1. The van der Waals surface area contributed by atoms with Gasteiger partial charge in [-0.25, -0.2) is 0 Å². The van der Waals surface area contributed by atoms with Crippen molar-refractivity contribution in [2.45, 2.75) is 11.8 Å². The molecule has 2 aromatic carbocycles. The normalized spacial score (nSPS) is 11.6. The molecule has 0 unspecified atom stereocenters. The van der Waals surface area contributed by atoms with Crippen molar-refractivity contribution in [1.29, 1.82) is 0 Å². The third kappa shape index (κ3) is 2.17. The minimum Gasteiger partial charge on any atom is -0.267 e. The molecular weight excluding hydrogens is 248 g/mol. The summed E-state index contributed by atoms with van der Waals surface area (Å²) in [4.78, 5) is 0.200. The lowest BCUT2D eigenvalue weighted by atomic mass is 10.0. The second kappa shape index (κ2) is 4.92. The van der Waals surface area contributed by atoms with Gasteiger partial charge in [0.2, 0.25) is 0 Å². The molecule has 0 heterocycles. The second-order valence-corrected chi connectivity index (χ2v) is 5.35. The van der Waals surface area contributed by atoms with E-state index in [-0.39, 0.29) is 11.5 Å². The number of benzene rings is 2. The monoisotopic (exact) mass is 262 g/mol. The summed E-state index contributed by atoms with van der Waals surface area (Å²) in [7, 11) is -3.70. The fourth-order valence-corrected chi connectivity index (χ4v) is 3.03. The molecule has 0 saturated carbocycles. The molecule has 0 spiro atoms. The van der Waals surface area contributed by atoms with Gasteiger partial charge in [-0.15, -0.1) is 0 Å². The number of fused-ring (bicyclic) bond motifs is 1. The first-order chi connectivity index (χ1) is 8.60. The van der Waals surface area contributed by atoms with Crippen molar-refractivity contribution in [3.05, 3.63) is 48.5 Å². The van der Waals surface area contributed by atoms with Crippen LogP contribution in [0, 0.1) is 0 Å². The Bertz CT molecular complexity index is 687. The Morgan fingerprint density at radius 1 is 1.17 bits per heavy atom. The standard InChI is InChI=1S/C14H14O3S/c1-3-11-9-10-14(18(15,16)17-4-2)13-8-6-5-7-12(11)13/h3,5-10H,1,4H2,2H3. The first-order valence-electron chi connectivity index (χ1n) is 5.63. The summed E-state index contributed by atoms with van der Waals surface area (Å²) in [5, 5.41) is 1.51. The molecule has 94 valence electrons. The van der Waals surface area contributed by atoms with E-state index in [9.17, 15) is 8.42 Å². The SMILES string of the molecule is C=Cc1ccc(S(=O)(=O)OCC)c2ccccc12. The topological polar surface area (TPSA) is 43.4 Å². The molecule has 0 saturated heterocycles. The third-order valence-corrected chi connectivity index (χ3v) is 4.12. The first-order valence-corrected chi connectivity index (χ1v) is 7.04. The van der Waals surface area contributed by atoms with Crippen LogP contribution in [0.25, 0.3) is 16.8 Å². The van der Waals surface area contributed by atoms with Crippen molar-refractivity contribution >= 4 is 27.0 Å². The van der Waals surface area contributed by atoms with Gasteiger partial charge in [0.05, 0.1) is 6.61 Å². The van der Waals surface area contributed by atoms with E-state index >= 15 is 0 Å². The van der Waals surface area contributed by atoms with Crippen molar-refractivity contribution in [2.75, 3.05) is 6.61 Å². The molecule has 18 heavy (non-hydrogen) atoms. The first kappa shape index (κ1) is 12.8. The smallest absolute Gasteiger partial charge is 0.267 e. The minimum absolute atomic E-state index is 0.125. The second-order valence-electron chi connectivity index (χ2n) is 3.76. The summed E-state index contributed by atoms with van der Waals surface area (Å²) < 4.78 is 28.8. The van der Waals surface area contributed by atoms with Gasteiger partial charge in [0, 0.05) is 5.39 Å². The van der Waals surface area contributed by atoms with Crippen LogP contribution in [0.2, 0.25) is 0 Å². The molecule has 0 aliphatic carbocycles. The van der Waals surface area contributed by atoms with E-state index in [1.165, 1.54) is 0 Å². The van der Waals surface area contributed by atoms with Crippen LogP contribution >= 0.6 is 0 Å². The lowest BCUT2D eigenvalue weighted by Crippen LogP contribution is -2.06. The van der Waals surface area contributed by atoms with Crippen LogP contribution in [-0.4, -0.2) is 15.0 Å². The summed E-state index contributed by atoms with van der Waals surface area (Å²) in [5.41, 5.74) is 0.904. The van der Waals surface area contributed by atoms with E-state index in [1.54, 1.807) is 37.3 Å². The molecule has 3 nitrogen and oxygen atoms in total. The highest BCUT2D eigenvalue weighted by molar-refractivity contribution is 7.87. The summed E-state index contributed by atoms with van der Waals surface area (Å²) in [6.07, 6.45) is 1.71. The van der Waals surface area contributed by atoms with E-state index in [0.29, 0.717) is 5.39 Å². The van der Waals surface area contributed by atoms with Crippen LogP contribution in [-0.2, 0) is 14.3 Å². The summed E-state index contributed by atoms with van der Waals surface area (Å²) in [5.74, 6) is 0. The molecule has 0 atom stereocenters. The fraction of sp³-hybridized carbons (Fsp3) is 0.143. The maximum absolute atomic E-state index is 12.0. The summed E-state index contributed by atoms with van der Waals surface area (Å²) in [6, 6.07) is 10.6. The lowest BCUT2D eigenvalue weighted by molar-refractivity contribution is 0.338. The molecule has 4 heteroatoms. The highest BCUT2D eigenvalue weighted by Crippen LogP contribution is 2.27. The molecular formula is C14H14O3S. The van der Waals surface area contributed by atoms with Crippen molar-refractivity contribution < 1.29 is 12.6 Å². The van der Waals surface area contributed by atoms with E-state index in [0.717, 1.165) is 10.9 Å². The number of hydrogen-bond acceptors (Lipinski definition) is 3. The van der Waals surface area contributed by atoms with Gasteiger partial charge >= 0.3 is 0 Å². The quantitative estimate of drug-likeness (QED) is 0.795. The fourth-order valence-electron chi connectivity index (χ4n) is 1.91. The van der Waals surface area contributed by atoms with Gasteiger partial charge in [0.15, 0.2) is 0 Å². The molecule has 0 radical (unpaired) electrons. The van der Waals surface area contributed by atoms with Crippen LogP contribution in [0.4, 0.5) is 0 Å². The molecule has 0 N–H and O–H groups in total. The summed E-state index contributed by atoms with van der Waals surface area (Å²) in [6.45, 7) is 5.50. The Morgan fingerprint density at radius 3 is 2.44 bits per heavy atom. The Hall–Kier alpha value is -1.65. The van der Waals surface area contributed by atoms with E-state index in [2.05, 4.69) is 6.58 Å². The van der Waals surface area contributed by atoms with Gasteiger partial charge < -0.3 is 0 Å². The van der Waals surface area contributed by atoms with Gasteiger partial charge in [0.25, 0.3) is 10.1 Å². The predicted molar refractivity (Wildman–Crippen MR) is 72.9 cm³/mol. The molecule has 0 aromatic heterocycles. The van der Waals surface area contributed by atoms with Gasteiger partial charge in [-0.1, -0.05) is 43.0 Å². The van der Waals surface area contributed by atoms with Crippen molar-refractivity contribution in [2.24, 2.45) is 0 Å². The largest absolute Gasteiger partial charge is 0.297 e. The molecule has 2 rings (SSSR count). The zero-order valence-corrected chi connectivity index (χ0v) is 10.9. The lowest BCUT2D eigenvalue weighted by Gasteiger charge is -2.09. The van der Waals surface area contributed by atoms with Crippen molar-refractivity contribution in [1.82, 2.24) is 0 Å².